The van der Waals surface area contributed by atoms with Gasteiger partial charge < -0.3 is 5.73 Å². The average molecular weight is 277 g/mol. The summed E-state index contributed by atoms with van der Waals surface area (Å²) in [7, 11) is 0. The van der Waals surface area contributed by atoms with Gasteiger partial charge in [-0.05, 0) is 17.7 Å². The Morgan fingerprint density at radius 2 is 2.25 bits per heavy atom. The molecule has 1 rings (SSSR count). The van der Waals surface area contributed by atoms with Crippen LogP contribution in [-0.4, -0.2) is 5.91 Å². The molecule has 0 unspecified atom stereocenters. The van der Waals surface area contributed by atoms with Crippen LogP contribution in [0.2, 0.25) is 0 Å². The van der Waals surface area contributed by atoms with Crippen molar-refractivity contribution in [3.8, 4) is 17.9 Å². The van der Waals surface area contributed by atoms with Gasteiger partial charge in [0.2, 0.25) is 5.91 Å². The number of nitriles is 1. The Bertz CT molecular complexity index is 506. The normalized spacial score (nSPS) is 8.75. The third kappa shape index (κ3) is 3.42. The lowest BCUT2D eigenvalue weighted by Gasteiger charge is -2.00. The van der Waals surface area contributed by atoms with Crippen LogP contribution in [0.5, 0.6) is 0 Å². The molecular weight excluding hydrogens is 268 g/mol. The molecule has 0 aromatic heterocycles. The maximum absolute atomic E-state index is 10.5. The fourth-order valence-corrected chi connectivity index (χ4v) is 1.59. The van der Waals surface area contributed by atoms with Crippen LogP contribution in [0.4, 0.5) is 0 Å². The van der Waals surface area contributed by atoms with Crippen molar-refractivity contribution in [2.75, 3.05) is 0 Å². The number of benzene rings is 1. The van der Waals surface area contributed by atoms with Gasteiger partial charge in [0.1, 0.15) is 0 Å². The molecule has 0 spiro atoms. The summed E-state index contributed by atoms with van der Waals surface area (Å²) >= 11 is 3.33. The van der Waals surface area contributed by atoms with Crippen LogP contribution in [0.3, 0.4) is 0 Å². The maximum atomic E-state index is 10.5. The Morgan fingerprint density at radius 3 is 2.81 bits per heavy atom. The van der Waals surface area contributed by atoms with E-state index in [-0.39, 0.29) is 6.42 Å². The molecule has 0 radical (unpaired) electrons. The first-order chi connectivity index (χ1) is 7.67. The molecule has 1 aromatic rings. The van der Waals surface area contributed by atoms with E-state index in [4.69, 9.17) is 11.0 Å². The summed E-state index contributed by atoms with van der Waals surface area (Å²) in [6, 6.07) is 7.31. The number of carbonyl (C=O) groups excluding carboxylic acids is 1. The van der Waals surface area contributed by atoms with Gasteiger partial charge in [-0.1, -0.05) is 33.8 Å². The molecule has 0 aliphatic carbocycles. The third-order valence-corrected chi connectivity index (χ3v) is 2.47. The number of hydrogen-bond donors (Lipinski definition) is 1. The summed E-state index contributed by atoms with van der Waals surface area (Å²) in [6.45, 7) is 0. The van der Waals surface area contributed by atoms with E-state index < -0.39 is 5.91 Å². The van der Waals surface area contributed by atoms with Crippen molar-refractivity contribution in [2.45, 2.75) is 11.8 Å². The minimum Gasteiger partial charge on any atom is -0.369 e. The molecule has 0 bridgehead atoms. The smallest absolute Gasteiger partial charge is 0.229 e. The van der Waals surface area contributed by atoms with E-state index in [0.717, 1.165) is 11.1 Å². The highest BCUT2D eigenvalue weighted by atomic mass is 79.9. The minimum absolute atomic E-state index is 0.0263. The van der Waals surface area contributed by atoms with Gasteiger partial charge in [0.15, 0.2) is 0 Å². The molecule has 0 fully saturated rings. The maximum Gasteiger partial charge on any atom is 0.229 e. The summed E-state index contributed by atoms with van der Waals surface area (Å²) in [4.78, 5) is 10.5. The summed E-state index contributed by atoms with van der Waals surface area (Å²) in [5.74, 6) is 5.06. The van der Waals surface area contributed by atoms with Crippen molar-refractivity contribution in [2.24, 2.45) is 5.73 Å². The van der Waals surface area contributed by atoms with E-state index in [2.05, 4.69) is 27.8 Å². The van der Waals surface area contributed by atoms with Gasteiger partial charge in [-0.25, -0.2) is 0 Å². The molecule has 0 aliphatic rings. The van der Waals surface area contributed by atoms with Gasteiger partial charge in [-0.2, -0.15) is 5.26 Å². The molecule has 2 N–H and O–H groups in total. The van der Waals surface area contributed by atoms with E-state index in [1.165, 1.54) is 0 Å². The number of halogens is 1. The van der Waals surface area contributed by atoms with Crippen molar-refractivity contribution >= 4 is 21.8 Å². The highest BCUT2D eigenvalue weighted by Crippen LogP contribution is 2.13. The fraction of sp³-hybridized carbons (Fsp3) is 0.167. The predicted octanol–water partition coefficient (Wildman–Crippen LogP) is 1.68. The monoisotopic (exact) mass is 276 g/mol. The highest BCUT2D eigenvalue weighted by Gasteiger charge is 2.00. The number of nitrogens with two attached hydrogens (primary N) is 1. The number of hydrogen-bond acceptors (Lipinski definition) is 2. The van der Waals surface area contributed by atoms with Crippen molar-refractivity contribution in [3.05, 3.63) is 34.9 Å². The zero-order valence-electron chi connectivity index (χ0n) is 8.46. The van der Waals surface area contributed by atoms with Crippen molar-refractivity contribution in [1.29, 1.82) is 5.26 Å². The number of alkyl halides is 1. The number of amides is 1. The third-order valence-electron chi connectivity index (χ3n) is 1.87. The van der Waals surface area contributed by atoms with Crippen LogP contribution < -0.4 is 5.73 Å². The summed E-state index contributed by atoms with van der Waals surface area (Å²) in [6.07, 6.45) is 0.0263. The highest BCUT2D eigenvalue weighted by molar-refractivity contribution is 9.08. The van der Waals surface area contributed by atoms with E-state index in [1.807, 2.05) is 12.1 Å². The Balaban J connectivity index is 3.04. The second-order valence-corrected chi connectivity index (χ2v) is 3.62. The molecule has 80 valence electrons. The molecule has 16 heavy (non-hydrogen) atoms. The quantitative estimate of drug-likeness (QED) is 0.660. The second-order valence-electron chi connectivity index (χ2n) is 3.06. The molecule has 1 aromatic carbocycles. The minimum atomic E-state index is -0.454. The molecule has 1 amide bonds. The molecular formula is C12H9BrN2O. The number of primary amides is 1. The van der Waals surface area contributed by atoms with Gasteiger partial charge in [-0.3, -0.25) is 4.79 Å². The van der Waals surface area contributed by atoms with E-state index in [0.29, 0.717) is 10.9 Å². The number of nitrogens with zero attached hydrogens (tertiary/aromatic N) is 1. The zero-order valence-corrected chi connectivity index (χ0v) is 10.0. The first-order valence-electron chi connectivity index (χ1n) is 4.53. The van der Waals surface area contributed by atoms with Gasteiger partial charge >= 0.3 is 0 Å². The first kappa shape index (κ1) is 12.3. The van der Waals surface area contributed by atoms with Crippen molar-refractivity contribution in [3.63, 3.8) is 0 Å². The summed E-state index contributed by atoms with van der Waals surface area (Å²) < 4.78 is 0. The van der Waals surface area contributed by atoms with Gasteiger partial charge in [-0.15, -0.1) is 0 Å². The van der Waals surface area contributed by atoms with Crippen LogP contribution >= 0.6 is 15.9 Å². The molecule has 0 atom stereocenters. The number of carbonyl (C=O) groups is 1. The topological polar surface area (TPSA) is 66.9 Å². The molecule has 0 heterocycles. The van der Waals surface area contributed by atoms with E-state index in [9.17, 15) is 4.79 Å². The van der Waals surface area contributed by atoms with Gasteiger partial charge in [0.25, 0.3) is 0 Å². The average Bonchev–Trinajstić information content (AvgIpc) is 2.28. The lowest BCUT2D eigenvalue weighted by Crippen LogP contribution is -2.08. The van der Waals surface area contributed by atoms with Crippen molar-refractivity contribution in [1.82, 2.24) is 0 Å². The fourth-order valence-electron chi connectivity index (χ4n) is 1.11. The molecule has 0 saturated heterocycles. The Kier molecular flexibility index (Phi) is 4.57. The predicted molar refractivity (Wildman–Crippen MR) is 64.5 cm³/mol. The molecule has 0 saturated carbocycles. The Labute approximate surface area is 102 Å². The van der Waals surface area contributed by atoms with Crippen LogP contribution in [0.1, 0.15) is 23.1 Å². The van der Waals surface area contributed by atoms with Crippen LogP contribution in [0, 0.1) is 23.2 Å². The second kappa shape index (κ2) is 5.95. The van der Waals surface area contributed by atoms with Crippen LogP contribution in [0.25, 0.3) is 0 Å². The summed E-state index contributed by atoms with van der Waals surface area (Å²) in [5, 5.41) is 9.41. The van der Waals surface area contributed by atoms with E-state index >= 15 is 0 Å². The summed E-state index contributed by atoms with van der Waals surface area (Å²) in [5.41, 5.74) is 7.26. The first-order valence-corrected chi connectivity index (χ1v) is 5.65. The molecule has 4 heteroatoms. The Hall–Kier alpha value is -1.78. The van der Waals surface area contributed by atoms with Crippen LogP contribution in [0.15, 0.2) is 18.2 Å². The Morgan fingerprint density at radius 1 is 1.50 bits per heavy atom. The van der Waals surface area contributed by atoms with Crippen LogP contribution in [-0.2, 0) is 10.1 Å². The SMILES string of the molecule is N#Cc1ccc(CBr)c(C#CCC(N)=O)c1. The van der Waals surface area contributed by atoms with Gasteiger partial charge in [0, 0.05) is 10.9 Å². The lowest BCUT2D eigenvalue weighted by atomic mass is 10.1. The standard InChI is InChI=1S/C12H9BrN2O/c13-7-11-5-4-9(8-14)6-10(11)2-1-3-12(15)16/h4-6H,3,7H2,(H2,15,16). The molecule has 0 aliphatic heterocycles. The van der Waals surface area contributed by atoms with Crippen molar-refractivity contribution < 1.29 is 4.79 Å². The lowest BCUT2D eigenvalue weighted by molar-refractivity contribution is -0.117. The largest absolute Gasteiger partial charge is 0.369 e. The number of rotatable bonds is 2. The van der Waals surface area contributed by atoms with Gasteiger partial charge in [0.05, 0.1) is 18.1 Å². The zero-order chi connectivity index (χ0) is 12.0. The molecule has 3 nitrogen and oxygen atoms in total. The van der Waals surface area contributed by atoms with E-state index in [1.54, 1.807) is 12.1 Å².